The molecule has 94 valence electrons. The Kier molecular flexibility index (Phi) is 3.66. The van der Waals surface area contributed by atoms with Crippen LogP contribution in [0.4, 0.5) is 17.6 Å². The summed E-state index contributed by atoms with van der Waals surface area (Å²) >= 11 is 0. The van der Waals surface area contributed by atoms with E-state index in [2.05, 4.69) is 21.8 Å². The van der Waals surface area contributed by atoms with Gasteiger partial charge in [-0.1, -0.05) is 19.8 Å². The van der Waals surface area contributed by atoms with Crippen molar-refractivity contribution in [3.63, 3.8) is 0 Å². The quantitative estimate of drug-likeness (QED) is 0.817. The van der Waals surface area contributed by atoms with Gasteiger partial charge < -0.3 is 16.4 Å². The van der Waals surface area contributed by atoms with E-state index >= 15 is 0 Å². The average Bonchev–Trinajstić information content (AvgIpc) is 2.52. The lowest BCUT2D eigenvalue weighted by Crippen LogP contribution is -2.35. The Morgan fingerprint density at radius 3 is 2.82 bits per heavy atom. The molecule has 1 aromatic rings. The Morgan fingerprint density at radius 1 is 1.29 bits per heavy atom. The van der Waals surface area contributed by atoms with Crippen molar-refractivity contribution in [2.45, 2.75) is 45.1 Å². The van der Waals surface area contributed by atoms with Gasteiger partial charge in [0.25, 0.3) is 0 Å². The second-order valence-electron chi connectivity index (χ2n) is 4.61. The van der Waals surface area contributed by atoms with Crippen molar-refractivity contribution in [3.05, 3.63) is 6.07 Å². The number of hydrogen-bond acceptors (Lipinski definition) is 5. The van der Waals surface area contributed by atoms with Crippen molar-refractivity contribution in [1.29, 1.82) is 0 Å². The van der Waals surface area contributed by atoms with E-state index in [0.29, 0.717) is 11.9 Å². The van der Waals surface area contributed by atoms with Gasteiger partial charge in [-0.15, -0.1) is 0 Å². The van der Waals surface area contributed by atoms with Gasteiger partial charge >= 0.3 is 0 Å². The summed E-state index contributed by atoms with van der Waals surface area (Å²) in [7, 11) is 0. The Hall–Kier alpha value is -1.52. The van der Waals surface area contributed by atoms with Crippen molar-refractivity contribution >= 4 is 17.6 Å². The van der Waals surface area contributed by atoms with Crippen molar-refractivity contribution in [2.24, 2.45) is 0 Å². The predicted molar refractivity (Wildman–Crippen MR) is 70.7 cm³/mol. The zero-order valence-electron chi connectivity index (χ0n) is 10.4. The summed E-state index contributed by atoms with van der Waals surface area (Å²) in [6, 6.07) is 2.37. The molecule has 5 nitrogen and oxygen atoms in total. The van der Waals surface area contributed by atoms with Crippen molar-refractivity contribution < 1.29 is 0 Å². The molecule has 0 spiro atoms. The summed E-state index contributed by atoms with van der Waals surface area (Å²) in [5.41, 5.74) is 11.4. The van der Waals surface area contributed by atoms with Gasteiger partial charge in [-0.2, -0.15) is 9.97 Å². The van der Waals surface area contributed by atoms with Gasteiger partial charge in [-0.3, -0.25) is 0 Å². The highest BCUT2D eigenvalue weighted by atomic mass is 15.2. The molecule has 0 saturated carbocycles. The highest BCUT2D eigenvalue weighted by Crippen LogP contribution is 2.25. The van der Waals surface area contributed by atoms with E-state index in [1.165, 1.54) is 25.7 Å². The number of nitrogens with zero attached hydrogens (tertiary/aromatic N) is 3. The van der Waals surface area contributed by atoms with E-state index in [-0.39, 0.29) is 5.95 Å². The van der Waals surface area contributed by atoms with Crippen LogP contribution in [-0.4, -0.2) is 22.6 Å². The smallest absolute Gasteiger partial charge is 0.223 e. The fraction of sp³-hybridized carbons (Fsp3) is 0.667. The minimum atomic E-state index is 0.263. The molecule has 1 aliphatic rings. The van der Waals surface area contributed by atoms with Gasteiger partial charge in [0.15, 0.2) is 0 Å². The lowest BCUT2D eigenvalue weighted by Gasteiger charge is -2.30. The van der Waals surface area contributed by atoms with Gasteiger partial charge in [0.05, 0.1) is 0 Å². The molecule has 1 atom stereocenters. The predicted octanol–water partition coefficient (Wildman–Crippen LogP) is 1.80. The second-order valence-corrected chi connectivity index (χ2v) is 4.61. The molecule has 0 aliphatic carbocycles. The normalized spacial score (nSPS) is 21.2. The third-order valence-corrected chi connectivity index (χ3v) is 3.39. The van der Waals surface area contributed by atoms with E-state index in [4.69, 9.17) is 11.5 Å². The summed E-state index contributed by atoms with van der Waals surface area (Å²) < 4.78 is 0. The first-order valence-electron chi connectivity index (χ1n) is 6.37. The summed E-state index contributed by atoms with van der Waals surface area (Å²) in [6.07, 6.45) is 6.15. The largest absolute Gasteiger partial charge is 0.383 e. The molecule has 2 rings (SSSR count). The van der Waals surface area contributed by atoms with Crippen molar-refractivity contribution in [1.82, 2.24) is 9.97 Å². The molecule has 0 aromatic carbocycles. The van der Waals surface area contributed by atoms with Gasteiger partial charge in [0.1, 0.15) is 11.6 Å². The molecule has 0 amide bonds. The minimum Gasteiger partial charge on any atom is -0.383 e. The van der Waals surface area contributed by atoms with Crippen LogP contribution < -0.4 is 16.4 Å². The number of nitrogens with two attached hydrogens (primary N) is 2. The number of nitrogen functional groups attached to an aromatic ring is 2. The lowest BCUT2D eigenvalue weighted by molar-refractivity contribution is 0.552. The third-order valence-electron chi connectivity index (χ3n) is 3.39. The first kappa shape index (κ1) is 12.0. The number of hydrogen-bond donors (Lipinski definition) is 2. The first-order chi connectivity index (χ1) is 8.20. The molecule has 1 fully saturated rings. The summed E-state index contributed by atoms with van der Waals surface area (Å²) in [5, 5.41) is 0. The highest BCUT2D eigenvalue weighted by molar-refractivity contribution is 5.51. The standard InChI is InChI=1S/C12H21N5/c1-2-9-6-4-3-5-7-17(9)11-8-10(13)15-12(14)16-11/h8-9H,2-7H2,1H3,(H4,13,14,15,16). The molecular formula is C12H21N5. The molecule has 17 heavy (non-hydrogen) atoms. The molecular weight excluding hydrogens is 214 g/mol. The van der Waals surface area contributed by atoms with Crippen LogP contribution in [0.5, 0.6) is 0 Å². The molecule has 2 heterocycles. The van der Waals surface area contributed by atoms with Crippen LogP contribution >= 0.6 is 0 Å². The number of anilines is 3. The van der Waals surface area contributed by atoms with Crippen molar-refractivity contribution in [2.75, 3.05) is 22.9 Å². The van der Waals surface area contributed by atoms with Crippen LogP contribution in [0, 0.1) is 0 Å². The van der Waals surface area contributed by atoms with E-state index in [1.54, 1.807) is 0 Å². The van der Waals surface area contributed by atoms with Crippen LogP contribution in [0.2, 0.25) is 0 Å². The Balaban J connectivity index is 2.27. The van der Waals surface area contributed by atoms with Crippen LogP contribution in [0.3, 0.4) is 0 Å². The fourth-order valence-corrected chi connectivity index (χ4v) is 2.52. The zero-order chi connectivity index (χ0) is 12.3. The van der Waals surface area contributed by atoms with Gasteiger partial charge in [-0.05, 0) is 19.3 Å². The molecule has 1 unspecified atom stereocenters. The van der Waals surface area contributed by atoms with E-state index in [1.807, 2.05) is 6.07 Å². The number of rotatable bonds is 2. The first-order valence-corrected chi connectivity index (χ1v) is 6.37. The van der Waals surface area contributed by atoms with Crippen LogP contribution in [0.15, 0.2) is 6.07 Å². The maximum Gasteiger partial charge on any atom is 0.223 e. The van der Waals surface area contributed by atoms with Crippen LogP contribution in [0.1, 0.15) is 39.0 Å². The highest BCUT2D eigenvalue weighted by Gasteiger charge is 2.21. The van der Waals surface area contributed by atoms with Crippen molar-refractivity contribution in [3.8, 4) is 0 Å². The molecule has 1 aliphatic heterocycles. The topological polar surface area (TPSA) is 81.1 Å². The molecule has 0 bridgehead atoms. The maximum absolute atomic E-state index is 5.73. The minimum absolute atomic E-state index is 0.263. The fourth-order valence-electron chi connectivity index (χ4n) is 2.52. The Bertz CT molecular complexity index is 359. The molecule has 5 heteroatoms. The third kappa shape index (κ3) is 2.78. The maximum atomic E-state index is 5.73. The summed E-state index contributed by atoms with van der Waals surface area (Å²) in [4.78, 5) is 10.6. The second kappa shape index (κ2) is 5.21. The average molecular weight is 235 g/mol. The summed E-state index contributed by atoms with van der Waals surface area (Å²) in [5.74, 6) is 1.59. The molecule has 0 radical (unpaired) electrons. The Labute approximate surface area is 102 Å². The van der Waals surface area contributed by atoms with E-state index in [0.717, 1.165) is 18.8 Å². The van der Waals surface area contributed by atoms with Gasteiger partial charge in [-0.25, -0.2) is 0 Å². The molecule has 1 saturated heterocycles. The Morgan fingerprint density at radius 2 is 2.12 bits per heavy atom. The summed E-state index contributed by atoms with van der Waals surface area (Å²) in [6.45, 7) is 3.26. The molecule has 4 N–H and O–H groups in total. The SMILES string of the molecule is CCC1CCCCCN1c1cc(N)nc(N)n1. The van der Waals surface area contributed by atoms with Crippen LogP contribution in [0.25, 0.3) is 0 Å². The number of aromatic nitrogens is 2. The zero-order valence-corrected chi connectivity index (χ0v) is 10.4. The van der Waals surface area contributed by atoms with E-state index < -0.39 is 0 Å². The molecule has 1 aromatic heterocycles. The van der Waals surface area contributed by atoms with Gasteiger partial charge in [0, 0.05) is 18.7 Å². The lowest BCUT2D eigenvalue weighted by atomic mass is 10.1. The van der Waals surface area contributed by atoms with E-state index in [9.17, 15) is 0 Å². The van der Waals surface area contributed by atoms with Crippen LogP contribution in [-0.2, 0) is 0 Å². The van der Waals surface area contributed by atoms with Gasteiger partial charge in [0.2, 0.25) is 5.95 Å². The monoisotopic (exact) mass is 235 g/mol.